The third-order valence-corrected chi connectivity index (χ3v) is 3.78. The molecule has 0 spiro atoms. The summed E-state index contributed by atoms with van der Waals surface area (Å²) in [5, 5.41) is 11.0. The molecule has 3 rings (SSSR count). The number of nitrogens with zero attached hydrogens (tertiary/aromatic N) is 1. The lowest BCUT2D eigenvalue weighted by molar-refractivity contribution is -0.117. The zero-order valence-electron chi connectivity index (χ0n) is 13.9. The van der Waals surface area contributed by atoms with Crippen molar-refractivity contribution in [1.82, 2.24) is 5.43 Å². The molecule has 0 saturated carbocycles. The van der Waals surface area contributed by atoms with Gasteiger partial charge in [-0.25, -0.2) is 5.01 Å². The average molecular weight is 338 g/mol. The SMILES string of the molecule is CCOc1cc(/C=C2\C(=O)NN(c3ccc(C)cc3)C2=O)ccc1O. The zero-order valence-corrected chi connectivity index (χ0v) is 13.9. The van der Waals surface area contributed by atoms with Crippen molar-refractivity contribution in [3.63, 3.8) is 0 Å². The Morgan fingerprint density at radius 3 is 2.56 bits per heavy atom. The Bertz CT molecular complexity index is 856. The number of hydrogen-bond donors (Lipinski definition) is 2. The van der Waals surface area contributed by atoms with Crippen molar-refractivity contribution in [2.24, 2.45) is 0 Å². The fourth-order valence-corrected chi connectivity index (χ4v) is 2.49. The maximum atomic E-state index is 12.6. The molecule has 0 aliphatic carbocycles. The van der Waals surface area contributed by atoms with Crippen LogP contribution in [0.4, 0.5) is 5.69 Å². The van der Waals surface area contributed by atoms with Gasteiger partial charge in [0.15, 0.2) is 11.5 Å². The number of hydrazine groups is 1. The van der Waals surface area contributed by atoms with E-state index in [9.17, 15) is 14.7 Å². The van der Waals surface area contributed by atoms with Crippen molar-refractivity contribution in [2.75, 3.05) is 11.6 Å². The third kappa shape index (κ3) is 3.33. The van der Waals surface area contributed by atoms with E-state index in [-0.39, 0.29) is 11.3 Å². The molecule has 6 nitrogen and oxygen atoms in total. The van der Waals surface area contributed by atoms with Gasteiger partial charge in [-0.2, -0.15) is 0 Å². The predicted molar refractivity (Wildman–Crippen MR) is 94.1 cm³/mol. The summed E-state index contributed by atoms with van der Waals surface area (Å²) in [5.74, 6) is -0.595. The Labute approximate surface area is 145 Å². The van der Waals surface area contributed by atoms with Gasteiger partial charge in [-0.05, 0) is 49.8 Å². The fraction of sp³-hybridized carbons (Fsp3) is 0.158. The molecule has 25 heavy (non-hydrogen) atoms. The van der Waals surface area contributed by atoms with Crippen LogP contribution < -0.4 is 15.2 Å². The van der Waals surface area contributed by atoms with Crippen LogP contribution in [0, 0.1) is 6.92 Å². The van der Waals surface area contributed by atoms with E-state index in [1.54, 1.807) is 31.2 Å². The van der Waals surface area contributed by atoms with E-state index in [2.05, 4.69) is 5.43 Å². The number of nitrogens with one attached hydrogen (secondary N) is 1. The smallest absolute Gasteiger partial charge is 0.282 e. The number of phenolic OH excluding ortho intramolecular Hbond substituents is 1. The number of benzene rings is 2. The molecular formula is C19H18N2O4. The number of amides is 2. The number of carbonyl (C=O) groups excluding carboxylic acids is 2. The van der Waals surface area contributed by atoms with Crippen molar-refractivity contribution >= 4 is 23.6 Å². The van der Waals surface area contributed by atoms with Gasteiger partial charge in [0.2, 0.25) is 0 Å². The van der Waals surface area contributed by atoms with Crippen LogP contribution >= 0.6 is 0 Å². The van der Waals surface area contributed by atoms with Crippen LogP contribution in [0.15, 0.2) is 48.0 Å². The second kappa shape index (κ2) is 6.68. The molecular weight excluding hydrogens is 320 g/mol. The van der Waals surface area contributed by atoms with Gasteiger partial charge >= 0.3 is 0 Å². The van der Waals surface area contributed by atoms with Crippen LogP contribution in [0.5, 0.6) is 11.5 Å². The number of phenols is 1. The molecule has 0 atom stereocenters. The number of anilines is 1. The number of rotatable bonds is 4. The monoisotopic (exact) mass is 338 g/mol. The lowest BCUT2D eigenvalue weighted by atomic mass is 10.1. The van der Waals surface area contributed by atoms with E-state index in [4.69, 9.17) is 4.74 Å². The van der Waals surface area contributed by atoms with Crippen LogP contribution in [-0.4, -0.2) is 23.5 Å². The standard InChI is InChI=1S/C19H18N2O4/c1-3-25-17-11-13(6-9-16(17)22)10-15-18(23)20-21(19(15)24)14-7-4-12(2)5-8-14/h4-11,22H,3H2,1-2H3,(H,20,23)/b15-10+. The quantitative estimate of drug-likeness (QED) is 0.663. The number of aromatic hydroxyl groups is 1. The first kappa shape index (κ1) is 16.6. The van der Waals surface area contributed by atoms with Crippen molar-refractivity contribution in [3.05, 3.63) is 59.2 Å². The summed E-state index contributed by atoms with van der Waals surface area (Å²) in [4.78, 5) is 24.8. The van der Waals surface area contributed by atoms with Gasteiger partial charge in [-0.3, -0.25) is 15.0 Å². The van der Waals surface area contributed by atoms with Gasteiger partial charge in [0.25, 0.3) is 11.8 Å². The van der Waals surface area contributed by atoms with Gasteiger partial charge in [0.1, 0.15) is 5.57 Å². The maximum absolute atomic E-state index is 12.6. The Morgan fingerprint density at radius 2 is 1.88 bits per heavy atom. The summed E-state index contributed by atoms with van der Waals surface area (Å²) in [7, 11) is 0. The molecule has 0 bridgehead atoms. The average Bonchev–Trinajstić information content (AvgIpc) is 2.87. The van der Waals surface area contributed by atoms with E-state index in [1.165, 1.54) is 17.2 Å². The molecule has 0 radical (unpaired) electrons. The molecule has 1 fully saturated rings. The van der Waals surface area contributed by atoms with E-state index in [0.717, 1.165) is 5.56 Å². The maximum Gasteiger partial charge on any atom is 0.282 e. The largest absolute Gasteiger partial charge is 0.504 e. The molecule has 1 heterocycles. The second-order valence-corrected chi connectivity index (χ2v) is 5.64. The molecule has 1 saturated heterocycles. The summed E-state index contributed by atoms with van der Waals surface area (Å²) in [5.41, 5.74) is 4.82. The highest BCUT2D eigenvalue weighted by Crippen LogP contribution is 2.29. The Balaban J connectivity index is 1.91. The molecule has 2 amide bonds. The van der Waals surface area contributed by atoms with Gasteiger partial charge in [-0.15, -0.1) is 0 Å². The number of ether oxygens (including phenoxy) is 1. The molecule has 2 aromatic carbocycles. The zero-order chi connectivity index (χ0) is 18.0. The minimum absolute atomic E-state index is 0.00693. The summed E-state index contributed by atoms with van der Waals surface area (Å²) in [6.45, 7) is 4.15. The molecule has 2 N–H and O–H groups in total. The highest BCUT2D eigenvalue weighted by molar-refractivity contribution is 6.31. The molecule has 6 heteroatoms. The minimum Gasteiger partial charge on any atom is -0.504 e. The van der Waals surface area contributed by atoms with E-state index < -0.39 is 11.8 Å². The van der Waals surface area contributed by atoms with Crippen molar-refractivity contribution < 1.29 is 19.4 Å². The van der Waals surface area contributed by atoms with Crippen LogP contribution in [0.2, 0.25) is 0 Å². The molecule has 2 aromatic rings. The van der Waals surface area contributed by atoms with Gasteiger partial charge in [0.05, 0.1) is 12.3 Å². The first-order valence-electron chi connectivity index (χ1n) is 7.89. The molecule has 1 aliphatic heterocycles. The minimum atomic E-state index is -0.475. The Hall–Kier alpha value is -3.28. The van der Waals surface area contributed by atoms with Crippen molar-refractivity contribution in [2.45, 2.75) is 13.8 Å². The lowest BCUT2D eigenvalue weighted by Crippen LogP contribution is -2.35. The lowest BCUT2D eigenvalue weighted by Gasteiger charge is -2.14. The number of hydrogen-bond acceptors (Lipinski definition) is 4. The van der Waals surface area contributed by atoms with Crippen LogP contribution in [0.1, 0.15) is 18.1 Å². The first-order chi connectivity index (χ1) is 12.0. The van der Waals surface area contributed by atoms with E-state index in [0.29, 0.717) is 23.6 Å². The van der Waals surface area contributed by atoms with E-state index in [1.807, 2.05) is 19.1 Å². The highest BCUT2D eigenvalue weighted by atomic mass is 16.5. The predicted octanol–water partition coefficient (Wildman–Crippen LogP) is 2.56. The summed E-state index contributed by atoms with van der Waals surface area (Å²) < 4.78 is 5.32. The number of carbonyl (C=O) groups is 2. The molecule has 0 unspecified atom stereocenters. The normalized spacial score (nSPS) is 15.6. The third-order valence-electron chi connectivity index (χ3n) is 3.78. The molecule has 128 valence electrons. The van der Waals surface area contributed by atoms with Crippen molar-refractivity contribution in [1.29, 1.82) is 0 Å². The van der Waals surface area contributed by atoms with E-state index >= 15 is 0 Å². The van der Waals surface area contributed by atoms with Gasteiger partial charge < -0.3 is 9.84 Å². The summed E-state index contributed by atoms with van der Waals surface area (Å²) in [6.07, 6.45) is 1.48. The summed E-state index contributed by atoms with van der Waals surface area (Å²) in [6, 6.07) is 11.9. The van der Waals surface area contributed by atoms with Crippen LogP contribution in [0.25, 0.3) is 6.08 Å². The second-order valence-electron chi connectivity index (χ2n) is 5.64. The van der Waals surface area contributed by atoms with Crippen LogP contribution in [-0.2, 0) is 9.59 Å². The highest BCUT2D eigenvalue weighted by Gasteiger charge is 2.34. The van der Waals surface area contributed by atoms with Crippen LogP contribution in [0.3, 0.4) is 0 Å². The molecule has 1 aliphatic rings. The Morgan fingerprint density at radius 1 is 1.16 bits per heavy atom. The van der Waals surface area contributed by atoms with Gasteiger partial charge in [-0.1, -0.05) is 23.8 Å². The number of aryl methyl sites for hydroxylation is 1. The fourth-order valence-electron chi connectivity index (χ4n) is 2.49. The first-order valence-corrected chi connectivity index (χ1v) is 7.89. The van der Waals surface area contributed by atoms with Gasteiger partial charge in [0, 0.05) is 0 Å². The Kier molecular flexibility index (Phi) is 4.43. The topological polar surface area (TPSA) is 78.9 Å². The van der Waals surface area contributed by atoms with Crippen molar-refractivity contribution in [3.8, 4) is 11.5 Å². The summed E-state index contributed by atoms with van der Waals surface area (Å²) >= 11 is 0. The molecule has 0 aromatic heterocycles.